The van der Waals surface area contributed by atoms with Crippen molar-refractivity contribution in [1.82, 2.24) is 10.2 Å². The van der Waals surface area contributed by atoms with Gasteiger partial charge in [-0.2, -0.15) is 0 Å². The summed E-state index contributed by atoms with van der Waals surface area (Å²) in [7, 11) is -3.32. The molecule has 0 radical (unpaired) electrons. The Bertz CT molecular complexity index is 1030. The molecule has 3 rings (SSSR count). The molecule has 0 aliphatic carbocycles. The zero-order valence-electron chi connectivity index (χ0n) is 13.5. The second-order valence-corrected chi connectivity index (χ2v) is 7.83. The predicted molar refractivity (Wildman–Crippen MR) is 93.4 cm³/mol. The lowest BCUT2D eigenvalue weighted by Gasteiger charge is -2.03. The molecule has 1 heterocycles. The third-order valence-corrected chi connectivity index (χ3v) is 4.78. The summed E-state index contributed by atoms with van der Waals surface area (Å²) in [6, 6.07) is 12.3. The summed E-state index contributed by atoms with van der Waals surface area (Å²) in [4.78, 5) is 12.1. The van der Waals surface area contributed by atoms with Crippen LogP contribution in [0.1, 0.15) is 16.2 Å². The first kappa shape index (κ1) is 18.1. The molecule has 9 heteroatoms. The van der Waals surface area contributed by atoms with Crippen LogP contribution < -0.4 is 0 Å². The minimum atomic E-state index is -3.32. The number of esters is 1. The van der Waals surface area contributed by atoms with E-state index in [9.17, 15) is 13.2 Å². The van der Waals surface area contributed by atoms with Crippen molar-refractivity contribution in [3.63, 3.8) is 0 Å². The number of carbonyl (C=O) groups is 1. The highest BCUT2D eigenvalue weighted by molar-refractivity contribution is 7.90. The van der Waals surface area contributed by atoms with Gasteiger partial charge in [-0.1, -0.05) is 11.6 Å². The van der Waals surface area contributed by atoms with Crippen LogP contribution in [0, 0.1) is 0 Å². The van der Waals surface area contributed by atoms with Crippen molar-refractivity contribution in [2.24, 2.45) is 0 Å². The van der Waals surface area contributed by atoms with Crippen LogP contribution in [0.3, 0.4) is 0 Å². The van der Waals surface area contributed by atoms with Gasteiger partial charge in [-0.3, -0.25) is 0 Å². The van der Waals surface area contributed by atoms with Crippen molar-refractivity contribution in [2.45, 2.75) is 11.5 Å². The molecule has 0 saturated carbocycles. The Morgan fingerprint density at radius 2 is 1.73 bits per heavy atom. The fourth-order valence-electron chi connectivity index (χ4n) is 2.07. The standard InChI is InChI=1S/C17H13ClN2O5S/c1-26(22,23)14-8-4-12(5-9-14)17(21)24-10-15-19-20-16(25-15)11-2-6-13(18)7-3-11/h2-9H,10H2,1H3. The number of hydrogen-bond donors (Lipinski definition) is 0. The smallest absolute Gasteiger partial charge is 0.338 e. The van der Waals surface area contributed by atoms with Crippen molar-refractivity contribution < 1.29 is 22.4 Å². The third-order valence-electron chi connectivity index (χ3n) is 3.40. The SMILES string of the molecule is CS(=O)(=O)c1ccc(C(=O)OCc2nnc(-c3ccc(Cl)cc3)o2)cc1. The average Bonchev–Trinajstić information content (AvgIpc) is 3.08. The molecule has 0 amide bonds. The number of hydrogen-bond acceptors (Lipinski definition) is 7. The summed E-state index contributed by atoms with van der Waals surface area (Å²) in [6.45, 7) is -0.201. The Kier molecular flexibility index (Phi) is 5.06. The molecule has 0 aliphatic rings. The number of sulfone groups is 1. The predicted octanol–water partition coefficient (Wildman–Crippen LogP) is 3.15. The van der Waals surface area contributed by atoms with E-state index in [0.717, 1.165) is 6.26 Å². The number of rotatable bonds is 5. The Balaban J connectivity index is 1.64. The molecule has 0 spiro atoms. The second kappa shape index (κ2) is 7.27. The first-order valence-electron chi connectivity index (χ1n) is 7.38. The van der Waals surface area contributed by atoms with E-state index in [4.69, 9.17) is 20.8 Å². The molecular formula is C17H13ClN2O5S. The molecule has 0 N–H and O–H groups in total. The summed E-state index contributed by atoms with van der Waals surface area (Å²) in [5.74, 6) is -0.211. The molecule has 7 nitrogen and oxygen atoms in total. The van der Waals surface area contributed by atoms with E-state index < -0.39 is 15.8 Å². The van der Waals surface area contributed by atoms with Crippen LogP contribution >= 0.6 is 11.6 Å². The highest BCUT2D eigenvalue weighted by Gasteiger charge is 2.14. The molecular weight excluding hydrogens is 380 g/mol. The molecule has 0 aliphatic heterocycles. The largest absolute Gasteiger partial charge is 0.452 e. The lowest BCUT2D eigenvalue weighted by molar-refractivity contribution is 0.0438. The normalized spacial score (nSPS) is 11.3. The Morgan fingerprint density at radius 1 is 1.08 bits per heavy atom. The van der Waals surface area contributed by atoms with Gasteiger partial charge in [0.15, 0.2) is 16.4 Å². The van der Waals surface area contributed by atoms with Crippen LogP contribution in [-0.2, 0) is 21.2 Å². The van der Waals surface area contributed by atoms with Crippen LogP contribution in [0.5, 0.6) is 0 Å². The van der Waals surface area contributed by atoms with Gasteiger partial charge in [0, 0.05) is 16.8 Å². The maximum atomic E-state index is 12.0. The van der Waals surface area contributed by atoms with Crippen LogP contribution in [0.4, 0.5) is 0 Å². The van der Waals surface area contributed by atoms with Gasteiger partial charge in [-0.15, -0.1) is 10.2 Å². The van der Waals surface area contributed by atoms with Gasteiger partial charge in [-0.25, -0.2) is 13.2 Å². The van der Waals surface area contributed by atoms with E-state index in [0.29, 0.717) is 10.6 Å². The first-order chi connectivity index (χ1) is 12.3. The number of halogens is 1. The van der Waals surface area contributed by atoms with E-state index in [2.05, 4.69) is 10.2 Å². The highest BCUT2D eigenvalue weighted by Crippen LogP contribution is 2.20. The van der Waals surface area contributed by atoms with Crippen LogP contribution in [0.2, 0.25) is 5.02 Å². The molecule has 134 valence electrons. The molecule has 0 bridgehead atoms. The maximum absolute atomic E-state index is 12.0. The van der Waals surface area contributed by atoms with E-state index in [-0.39, 0.29) is 28.8 Å². The van der Waals surface area contributed by atoms with Gasteiger partial charge in [0.05, 0.1) is 10.5 Å². The quantitative estimate of drug-likeness (QED) is 0.615. The summed E-state index contributed by atoms with van der Waals surface area (Å²) >= 11 is 5.82. The average molecular weight is 393 g/mol. The van der Waals surface area contributed by atoms with Crippen molar-refractivity contribution in [3.8, 4) is 11.5 Å². The zero-order valence-corrected chi connectivity index (χ0v) is 15.1. The molecule has 0 fully saturated rings. The van der Waals surface area contributed by atoms with Gasteiger partial charge in [0.1, 0.15) is 0 Å². The summed E-state index contributed by atoms with van der Waals surface area (Å²) in [5, 5.41) is 8.30. The summed E-state index contributed by atoms with van der Waals surface area (Å²) in [5.41, 5.74) is 0.908. The van der Waals surface area contributed by atoms with E-state index in [1.807, 2.05) is 0 Å². The topological polar surface area (TPSA) is 99.4 Å². The van der Waals surface area contributed by atoms with Crippen molar-refractivity contribution in [2.75, 3.05) is 6.26 Å². The van der Waals surface area contributed by atoms with Gasteiger partial charge >= 0.3 is 5.97 Å². The molecule has 26 heavy (non-hydrogen) atoms. The van der Waals surface area contributed by atoms with Gasteiger partial charge in [0.25, 0.3) is 5.89 Å². The Labute approximate surface area is 154 Å². The lowest BCUT2D eigenvalue weighted by Crippen LogP contribution is -2.06. The van der Waals surface area contributed by atoms with Crippen molar-refractivity contribution in [1.29, 1.82) is 0 Å². The van der Waals surface area contributed by atoms with Crippen molar-refractivity contribution in [3.05, 3.63) is 65.0 Å². The van der Waals surface area contributed by atoms with Gasteiger partial charge in [0.2, 0.25) is 5.89 Å². The maximum Gasteiger partial charge on any atom is 0.338 e. The second-order valence-electron chi connectivity index (χ2n) is 5.38. The van der Waals surface area contributed by atoms with Gasteiger partial charge < -0.3 is 9.15 Å². The number of benzene rings is 2. The Morgan fingerprint density at radius 3 is 2.35 bits per heavy atom. The third kappa shape index (κ3) is 4.27. The molecule has 0 saturated heterocycles. The van der Waals surface area contributed by atoms with Crippen LogP contribution in [0.25, 0.3) is 11.5 Å². The Hall–Kier alpha value is -2.71. The highest BCUT2D eigenvalue weighted by atomic mass is 35.5. The van der Waals surface area contributed by atoms with Crippen LogP contribution in [-0.4, -0.2) is 30.8 Å². The summed E-state index contributed by atoms with van der Waals surface area (Å²) in [6.07, 6.45) is 1.09. The zero-order chi connectivity index (χ0) is 18.7. The molecule has 0 atom stereocenters. The fourth-order valence-corrected chi connectivity index (χ4v) is 2.83. The molecule has 3 aromatic rings. The van der Waals surface area contributed by atoms with Crippen LogP contribution in [0.15, 0.2) is 57.8 Å². The number of aromatic nitrogens is 2. The monoisotopic (exact) mass is 392 g/mol. The van der Waals surface area contributed by atoms with E-state index in [1.54, 1.807) is 24.3 Å². The van der Waals surface area contributed by atoms with Crippen molar-refractivity contribution >= 4 is 27.4 Å². The van der Waals surface area contributed by atoms with E-state index in [1.165, 1.54) is 24.3 Å². The number of nitrogens with zero attached hydrogens (tertiary/aromatic N) is 2. The minimum Gasteiger partial charge on any atom is -0.452 e. The fraction of sp³-hybridized carbons (Fsp3) is 0.118. The molecule has 2 aromatic carbocycles. The molecule has 0 unspecified atom stereocenters. The minimum absolute atomic E-state index is 0.124. The molecule has 1 aromatic heterocycles. The number of ether oxygens (including phenoxy) is 1. The van der Waals surface area contributed by atoms with E-state index >= 15 is 0 Å². The number of carbonyl (C=O) groups excluding carboxylic acids is 1. The summed E-state index contributed by atoms with van der Waals surface area (Å²) < 4.78 is 33.4. The van der Waals surface area contributed by atoms with Gasteiger partial charge in [-0.05, 0) is 48.5 Å². The first-order valence-corrected chi connectivity index (χ1v) is 9.65. The lowest BCUT2D eigenvalue weighted by atomic mass is 10.2.